The summed E-state index contributed by atoms with van der Waals surface area (Å²) in [5, 5.41) is 9.83. The van der Waals surface area contributed by atoms with E-state index in [1.807, 2.05) is 17.8 Å². The highest BCUT2D eigenvalue weighted by molar-refractivity contribution is 8.00. The molecule has 0 spiro atoms. The molecule has 0 radical (unpaired) electrons. The first kappa shape index (κ1) is 14.7. The zero-order valence-electron chi connectivity index (χ0n) is 11.8. The first-order valence-electron chi connectivity index (χ1n) is 6.76. The van der Waals surface area contributed by atoms with Crippen LogP contribution in [-0.2, 0) is 0 Å². The van der Waals surface area contributed by atoms with E-state index in [0.29, 0.717) is 11.3 Å². The van der Waals surface area contributed by atoms with Crippen LogP contribution in [0.4, 0.5) is 10.1 Å². The molecular weight excluding hydrogens is 261 g/mol. The van der Waals surface area contributed by atoms with Crippen LogP contribution in [0.1, 0.15) is 38.9 Å². The van der Waals surface area contributed by atoms with Gasteiger partial charge in [0.25, 0.3) is 0 Å². The molecule has 106 valence electrons. The number of nitrogens with zero attached hydrogens (tertiary/aromatic N) is 1. The maximum absolute atomic E-state index is 14.2. The number of halogens is 1. The van der Waals surface area contributed by atoms with Crippen LogP contribution in [0.2, 0.25) is 0 Å². The van der Waals surface area contributed by atoms with Crippen LogP contribution in [0.5, 0.6) is 0 Å². The Morgan fingerprint density at radius 2 is 2.11 bits per heavy atom. The standard InChI is InChI=1S/C15H22FNOS/c1-11(18)12-5-4-6-13(16)14(12)17-8-7-15(2,3)19-10-9-17/h4-6,11,18H,7-10H2,1-3H3/t11-/m1/s1. The maximum Gasteiger partial charge on any atom is 0.146 e. The fraction of sp³-hybridized carbons (Fsp3) is 0.600. The summed E-state index contributed by atoms with van der Waals surface area (Å²) < 4.78 is 14.4. The SMILES string of the molecule is C[C@@H](O)c1cccc(F)c1N1CCSC(C)(C)CC1. The molecule has 2 rings (SSSR count). The van der Waals surface area contributed by atoms with Gasteiger partial charge < -0.3 is 10.0 Å². The average molecular weight is 283 g/mol. The average Bonchev–Trinajstić information content (AvgIpc) is 2.50. The van der Waals surface area contributed by atoms with Crippen LogP contribution in [0, 0.1) is 5.82 Å². The molecule has 0 unspecified atom stereocenters. The highest BCUT2D eigenvalue weighted by atomic mass is 32.2. The molecule has 0 bridgehead atoms. The maximum atomic E-state index is 14.2. The van der Waals surface area contributed by atoms with Gasteiger partial charge in [0.2, 0.25) is 0 Å². The number of aliphatic hydroxyl groups excluding tert-OH is 1. The highest BCUT2D eigenvalue weighted by Gasteiger charge is 2.26. The Bertz CT molecular complexity index is 448. The fourth-order valence-electron chi connectivity index (χ4n) is 2.45. The zero-order chi connectivity index (χ0) is 14.0. The van der Waals surface area contributed by atoms with Crippen LogP contribution in [0.15, 0.2) is 18.2 Å². The number of rotatable bonds is 2. The number of aliphatic hydroxyl groups is 1. The lowest BCUT2D eigenvalue weighted by molar-refractivity contribution is 0.199. The second kappa shape index (κ2) is 5.71. The summed E-state index contributed by atoms with van der Waals surface area (Å²) in [6.45, 7) is 7.82. The minimum absolute atomic E-state index is 0.233. The van der Waals surface area contributed by atoms with Crippen molar-refractivity contribution in [2.75, 3.05) is 23.7 Å². The number of benzene rings is 1. The predicted octanol–water partition coefficient (Wildman–Crippen LogP) is 3.60. The summed E-state index contributed by atoms with van der Waals surface area (Å²) in [4.78, 5) is 2.08. The summed E-state index contributed by atoms with van der Waals surface area (Å²) in [5.41, 5.74) is 1.26. The summed E-state index contributed by atoms with van der Waals surface area (Å²) >= 11 is 1.93. The lowest BCUT2D eigenvalue weighted by Gasteiger charge is -2.27. The van der Waals surface area contributed by atoms with Gasteiger partial charge in [0.15, 0.2) is 0 Å². The van der Waals surface area contributed by atoms with Gasteiger partial charge in [-0.15, -0.1) is 0 Å². The molecule has 4 heteroatoms. The number of para-hydroxylation sites is 1. The van der Waals surface area contributed by atoms with E-state index in [-0.39, 0.29) is 10.6 Å². The van der Waals surface area contributed by atoms with Gasteiger partial charge in [-0.05, 0) is 19.4 Å². The van der Waals surface area contributed by atoms with Crippen LogP contribution in [-0.4, -0.2) is 28.7 Å². The molecule has 1 heterocycles. The van der Waals surface area contributed by atoms with Crippen molar-refractivity contribution in [3.05, 3.63) is 29.6 Å². The molecule has 2 nitrogen and oxygen atoms in total. The van der Waals surface area contributed by atoms with Crippen LogP contribution in [0.25, 0.3) is 0 Å². The molecule has 1 atom stereocenters. The monoisotopic (exact) mass is 283 g/mol. The second-order valence-corrected chi connectivity index (χ2v) is 7.50. The lowest BCUT2D eigenvalue weighted by Crippen LogP contribution is -2.29. The third-order valence-electron chi connectivity index (χ3n) is 3.62. The van der Waals surface area contributed by atoms with Gasteiger partial charge in [0.1, 0.15) is 5.82 Å². The summed E-state index contributed by atoms with van der Waals surface area (Å²) in [6.07, 6.45) is 0.375. The molecule has 1 fully saturated rings. The van der Waals surface area contributed by atoms with Gasteiger partial charge in [-0.2, -0.15) is 11.8 Å². The first-order valence-corrected chi connectivity index (χ1v) is 7.75. The van der Waals surface area contributed by atoms with Crippen molar-refractivity contribution in [3.63, 3.8) is 0 Å². The number of hydrogen-bond donors (Lipinski definition) is 1. The smallest absolute Gasteiger partial charge is 0.146 e. The highest BCUT2D eigenvalue weighted by Crippen LogP contribution is 2.35. The molecule has 19 heavy (non-hydrogen) atoms. The molecule has 1 aromatic carbocycles. The van der Waals surface area contributed by atoms with E-state index in [2.05, 4.69) is 18.7 Å². The molecular formula is C15H22FNOS. The molecule has 1 N–H and O–H groups in total. The lowest BCUT2D eigenvalue weighted by atomic mass is 10.0. The van der Waals surface area contributed by atoms with E-state index < -0.39 is 6.10 Å². The number of thioether (sulfide) groups is 1. The third kappa shape index (κ3) is 3.42. The molecule has 0 amide bonds. The number of anilines is 1. The van der Waals surface area contributed by atoms with E-state index in [9.17, 15) is 9.50 Å². The van der Waals surface area contributed by atoms with Crippen molar-refractivity contribution in [1.29, 1.82) is 0 Å². The Kier molecular flexibility index (Phi) is 4.41. The van der Waals surface area contributed by atoms with Crippen molar-refractivity contribution < 1.29 is 9.50 Å². The minimum Gasteiger partial charge on any atom is -0.389 e. The van der Waals surface area contributed by atoms with Crippen molar-refractivity contribution in [2.24, 2.45) is 0 Å². The van der Waals surface area contributed by atoms with Crippen LogP contribution < -0.4 is 4.90 Å². The normalized spacial score (nSPS) is 21.0. The third-order valence-corrected chi connectivity index (χ3v) is 4.99. The molecule has 0 aromatic heterocycles. The Balaban J connectivity index is 2.31. The largest absolute Gasteiger partial charge is 0.389 e. The van der Waals surface area contributed by atoms with Crippen molar-refractivity contribution in [1.82, 2.24) is 0 Å². The molecule has 0 aliphatic carbocycles. The fourth-order valence-corrected chi connectivity index (χ4v) is 3.55. The first-order chi connectivity index (χ1) is 8.91. The summed E-state index contributed by atoms with van der Waals surface area (Å²) in [5.74, 6) is 0.753. The van der Waals surface area contributed by atoms with Crippen molar-refractivity contribution in [2.45, 2.75) is 38.0 Å². The van der Waals surface area contributed by atoms with Gasteiger partial charge in [0, 0.05) is 29.2 Å². The molecule has 1 aliphatic heterocycles. The molecule has 1 saturated heterocycles. The predicted molar refractivity (Wildman–Crippen MR) is 80.4 cm³/mol. The zero-order valence-corrected chi connectivity index (χ0v) is 12.6. The Hall–Kier alpha value is -0.740. The van der Waals surface area contributed by atoms with E-state index in [0.717, 1.165) is 25.3 Å². The van der Waals surface area contributed by atoms with E-state index >= 15 is 0 Å². The van der Waals surface area contributed by atoms with Crippen molar-refractivity contribution in [3.8, 4) is 0 Å². The number of hydrogen-bond acceptors (Lipinski definition) is 3. The molecule has 1 aliphatic rings. The van der Waals surface area contributed by atoms with Gasteiger partial charge in [0.05, 0.1) is 11.8 Å². The van der Waals surface area contributed by atoms with Gasteiger partial charge in [-0.25, -0.2) is 4.39 Å². The quantitative estimate of drug-likeness (QED) is 0.897. The summed E-state index contributed by atoms with van der Waals surface area (Å²) in [6, 6.07) is 4.95. The molecule has 0 saturated carbocycles. The van der Waals surface area contributed by atoms with E-state index in [1.165, 1.54) is 6.07 Å². The van der Waals surface area contributed by atoms with Gasteiger partial charge >= 0.3 is 0 Å². The molecule has 1 aromatic rings. The van der Waals surface area contributed by atoms with Crippen LogP contribution >= 0.6 is 11.8 Å². The van der Waals surface area contributed by atoms with Crippen LogP contribution in [0.3, 0.4) is 0 Å². The van der Waals surface area contributed by atoms with Gasteiger partial charge in [-0.3, -0.25) is 0 Å². The second-order valence-electron chi connectivity index (χ2n) is 5.70. The Labute approximate surface area is 119 Å². The topological polar surface area (TPSA) is 23.5 Å². The van der Waals surface area contributed by atoms with Crippen molar-refractivity contribution >= 4 is 17.4 Å². The minimum atomic E-state index is -0.644. The summed E-state index contributed by atoms with van der Waals surface area (Å²) in [7, 11) is 0. The van der Waals surface area contributed by atoms with Gasteiger partial charge in [-0.1, -0.05) is 26.0 Å². The van der Waals surface area contributed by atoms with E-state index in [1.54, 1.807) is 13.0 Å². The van der Waals surface area contributed by atoms with E-state index in [4.69, 9.17) is 0 Å². The Morgan fingerprint density at radius 1 is 1.37 bits per heavy atom. The Morgan fingerprint density at radius 3 is 2.79 bits per heavy atom.